The van der Waals surface area contributed by atoms with Crippen molar-refractivity contribution in [1.29, 1.82) is 0 Å². The molecular formula is C5H9N2O. The first kappa shape index (κ1) is 4.73. The lowest BCUT2D eigenvalue weighted by Crippen LogP contribution is -2.24. The Kier molecular flexibility index (Phi) is 0.997. The Morgan fingerprint density at radius 2 is 2.38 bits per heavy atom. The number of hydroxylamine groups is 1. The van der Waals surface area contributed by atoms with Gasteiger partial charge >= 0.3 is 0 Å². The van der Waals surface area contributed by atoms with Crippen molar-refractivity contribution in [2.75, 3.05) is 6.67 Å². The van der Waals surface area contributed by atoms with E-state index < -0.39 is 0 Å². The van der Waals surface area contributed by atoms with Crippen molar-refractivity contribution < 1.29 is 4.84 Å². The summed E-state index contributed by atoms with van der Waals surface area (Å²) in [6.45, 7) is 0.682. The molecule has 3 nitrogen and oxygen atoms in total. The van der Waals surface area contributed by atoms with Gasteiger partial charge < -0.3 is 0 Å². The third kappa shape index (κ3) is 0.727. The molecule has 1 saturated carbocycles. The number of nitrogens with zero attached hydrogens (tertiary/aromatic N) is 1. The lowest BCUT2D eigenvalue weighted by molar-refractivity contribution is 0.00961. The van der Waals surface area contributed by atoms with E-state index in [0.717, 1.165) is 5.92 Å². The van der Waals surface area contributed by atoms with Crippen LogP contribution in [-0.2, 0) is 4.84 Å². The molecule has 2 fully saturated rings. The first-order valence-electron chi connectivity index (χ1n) is 3.03. The Morgan fingerprint density at radius 1 is 1.50 bits per heavy atom. The van der Waals surface area contributed by atoms with Gasteiger partial charge in [0.2, 0.25) is 0 Å². The summed E-state index contributed by atoms with van der Waals surface area (Å²) >= 11 is 0. The topological polar surface area (TPSA) is 35.4 Å². The van der Waals surface area contributed by atoms with Gasteiger partial charge in [0.15, 0.2) is 0 Å². The maximum absolute atomic E-state index is 4.99. The van der Waals surface area contributed by atoms with Crippen LogP contribution in [0.25, 0.3) is 0 Å². The predicted molar refractivity (Wildman–Crippen MR) is 27.7 cm³/mol. The molecule has 8 heavy (non-hydrogen) atoms. The minimum atomic E-state index is 0.259. The second-order valence-electron chi connectivity index (χ2n) is 2.35. The van der Waals surface area contributed by atoms with Gasteiger partial charge in [0.1, 0.15) is 6.23 Å². The lowest BCUT2D eigenvalue weighted by atomic mass is 10.4. The van der Waals surface area contributed by atoms with Crippen LogP contribution < -0.4 is 10.8 Å². The fourth-order valence-corrected chi connectivity index (χ4v) is 0.934. The van der Waals surface area contributed by atoms with E-state index >= 15 is 0 Å². The van der Waals surface area contributed by atoms with Gasteiger partial charge in [-0.3, -0.25) is 10.2 Å². The summed E-state index contributed by atoms with van der Waals surface area (Å²) in [5.41, 5.74) is 3.71. The number of rotatable bonds is 1. The molecule has 1 atom stereocenters. The summed E-state index contributed by atoms with van der Waals surface area (Å²) in [4.78, 5) is 4.99. The molecule has 2 aliphatic rings. The Hall–Kier alpha value is -0.120. The SMILES string of the molecule is C1[N]OC(C2CC2)N1. The summed E-state index contributed by atoms with van der Waals surface area (Å²) in [6, 6.07) is 0. The molecule has 45 valence electrons. The molecule has 0 spiro atoms. The molecule has 1 aliphatic heterocycles. The van der Waals surface area contributed by atoms with Gasteiger partial charge in [0.25, 0.3) is 0 Å². The lowest BCUT2D eigenvalue weighted by Gasteiger charge is -2.02. The summed E-state index contributed by atoms with van der Waals surface area (Å²) in [5.74, 6) is 0.765. The fraction of sp³-hybridized carbons (Fsp3) is 1.00. The van der Waals surface area contributed by atoms with Crippen molar-refractivity contribution in [3.05, 3.63) is 0 Å². The van der Waals surface area contributed by atoms with Gasteiger partial charge in [0, 0.05) is 5.92 Å². The van der Waals surface area contributed by atoms with E-state index in [4.69, 9.17) is 4.84 Å². The largest absolute Gasteiger partial charge is 0.274 e. The molecule has 0 aromatic heterocycles. The van der Waals surface area contributed by atoms with Crippen molar-refractivity contribution in [3.63, 3.8) is 0 Å². The van der Waals surface area contributed by atoms with Crippen molar-refractivity contribution in [1.82, 2.24) is 10.8 Å². The first-order chi connectivity index (χ1) is 3.97. The van der Waals surface area contributed by atoms with Crippen LogP contribution in [0.2, 0.25) is 0 Å². The molecule has 0 aromatic carbocycles. The van der Waals surface area contributed by atoms with E-state index in [1.165, 1.54) is 12.8 Å². The highest BCUT2D eigenvalue weighted by atomic mass is 16.7. The van der Waals surface area contributed by atoms with E-state index in [1.807, 2.05) is 0 Å². The summed E-state index contributed by atoms with van der Waals surface area (Å²) in [5, 5.41) is 3.13. The van der Waals surface area contributed by atoms with E-state index in [2.05, 4.69) is 10.8 Å². The van der Waals surface area contributed by atoms with Crippen LogP contribution >= 0.6 is 0 Å². The number of hydrogen-bond acceptors (Lipinski definition) is 2. The molecule has 3 heteroatoms. The fourth-order valence-electron chi connectivity index (χ4n) is 0.934. The van der Waals surface area contributed by atoms with Crippen molar-refractivity contribution in [2.24, 2.45) is 5.92 Å². The highest BCUT2D eigenvalue weighted by Crippen LogP contribution is 2.33. The zero-order valence-electron chi connectivity index (χ0n) is 4.63. The van der Waals surface area contributed by atoms with Crippen molar-refractivity contribution >= 4 is 0 Å². The minimum absolute atomic E-state index is 0.259. The third-order valence-corrected chi connectivity index (χ3v) is 1.60. The molecule has 1 saturated heterocycles. The molecule has 1 radical (unpaired) electrons. The van der Waals surface area contributed by atoms with E-state index in [1.54, 1.807) is 0 Å². The Balaban J connectivity index is 1.86. The first-order valence-corrected chi connectivity index (χ1v) is 3.03. The Morgan fingerprint density at radius 3 is 2.88 bits per heavy atom. The predicted octanol–water partition coefficient (Wildman–Crippen LogP) is -0.181. The van der Waals surface area contributed by atoms with Gasteiger partial charge in [-0.1, -0.05) is 5.48 Å². The van der Waals surface area contributed by atoms with Crippen molar-refractivity contribution in [2.45, 2.75) is 19.1 Å². The smallest absolute Gasteiger partial charge is 0.135 e. The average Bonchev–Trinajstić information content (AvgIpc) is 2.49. The normalized spacial score (nSPS) is 38.2. The average molecular weight is 113 g/mol. The molecule has 2 rings (SSSR count). The summed E-state index contributed by atoms with van der Waals surface area (Å²) in [7, 11) is 0. The van der Waals surface area contributed by atoms with Gasteiger partial charge in [-0.05, 0) is 12.8 Å². The molecule has 0 bridgehead atoms. The Labute approximate surface area is 48.4 Å². The molecule has 1 unspecified atom stereocenters. The third-order valence-electron chi connectivity index (χ3n) is 1.60. The van der Waals surface area contributed by atoms with E-state index in [9.17, 15) is 0 Å². The highest BCUT2D eigenvalue weighted by molar-refractivity contribution is 4.81. The summed E-state index contributed by atoms with van der Waals surface area (Å²) in [6.07, 6.45) is 2.88. The van der Waals surface area contributed by atoms with Crippen LogP contribution in [0.1, 0.15) is 12.8 Å². The zero-order valence-corrected chi connectivity index (χ0v) is 4.63. The van der Waals surface area contributed by atoms with Crippen LogP contribution in [0.5, 0.6) is 0 Å². The molecule has 0 amide bonds. The quantitative estimate of drug-likeness (QED) is 0.512. The molecular weight excluding hydrogens is 104 g/mol. The second-order valence-corrected chi connectivity index (χ2v) is 2.35. The maximum Gasteiger partial charge on any atom is 0.135 e. The van der Waals surface area contributed by atoms with Crippen LogP contribution in [0.3, 0.4) is 0 Å². The van der Waals surface area contributed by atoms with Gasteiger partial charge in [-0.25, -0.2) is 0 Å². The molecule has 1 N–H and O–H groups in total. The van der Waals surface area contributed by atoms with Crippen LogP contribution in [-0.4, -0.2) is 12.9 Å². The minimum Gasteiger partial charge on any atom is -0.274 e. The van der Waals surface area contributed by atoms with E-state index in [-0.39, 0.29) is 6.23 Å². The van der Waals surface area contributed by atoms with Crippen LogP contribution in [0.4, 0.5) is 0 Å². The van der Waals surface area contributed by atoms with Gasteiger partial charge in [-0.2, -0.15) is 0 Å². The van der Waals surface area contributed by atoms with Crippen molar-refractivity contribution in [3.8, 4) is 0 Å². The monoisotopic (exact) mass is 113 g/mol. The van der Waals surface area contributed by atoms with Gasteiger partial charge in [-0.15, -0.1) is 0 Å². The zero-order chi connectivity index (χ0) is 5.40. The number of hydrogen-bond donors (Lipinski definition) is 1. The summed E-state index contributed by atoms with van der Waals surface area (Å²) < 4.78 is 0. The highest BCUT2D eigenvalue weighted by Gasteiger charge is 2.34. The molecule has 1 aliphatic carbocycles. The standard InChI is InChI=1S/C5H9N2O/c1-2-4(1)5-6-3-7-8-5/h4-6H,1-3H2. The number of nitrogens with one attached hydrogen (secondary N) is 1. The second kappa shape index (κ2) is 1.69. The Bertz CT molecular complexity index is 86.4. The maximum atomic E-state index is 4.99. The van der Waals surface area contributed by atoms with E-state index in [0.29, 0.717) is 6.67 Å². The van der Waals surface area contributed by atoms with Crippen LogP contribution in [0.15, 0.2) is 0 Å². The van der Waals surface area contributed by atoms with Gasteiger partial charge in [0.05, 0.1) is 6.67 Å². The molecule has 1 heterocycles. The molecule has 0 aromatic rings. The van der Waals surface area contributed by atoms with Crippen LogP contribution in [0, 0.1) is 5.92 Å².